The number of ether oxygens (including phenoxy) is 1. The Labute approximate surface area is 97.8 Å². The van der Waals surface area contributed by atoms with E-state index in [2.05, 4.69) is 20.6 Å². The first kappa shape index (κ1) is 10.4. The number of aromatic nitrogens is 4. The van der Waals surface area contributed by atoms with E-state index in [1.807, 2.05) is 13.2 Å². The molecular weight excluding hydrogens is 222 g/mol. The summed E-state index contributed by atoms with van der Waals surface area (Å²) in [5.41, 5.74) is 0.815. The molecular formula is C10H13N5O2. The number of nitrogens with one attached hydrogen (secondary N) is 1. The molecule has 90 valence electrons. The topological polar surface area (TPSA) is 78.0 Å². The van der Waals surface area contributed by atoms with Gasteiger partial charge in [0.2, 0.25) is 5.82 Å². The van der Waals surface area contributed by atoms with Crippen molar-refractivity contribution in [3.63, 3.8) is 0 Å². The van der Waals surface area contributed by atoms with Crippen molar-refractivity contribution in [1.29, 1.82) is 0 Å². The van der Waals surface area contributed by atoms with Crippen molar-refractivity contribution in [2.45, 2.75) is 6.10 Å². The second-order valence-corrected chi connectivity index (χ2v) is 3.92. The molecule has 3 heterocycles. The van der Waals surface area contributed by atoms with Crippen molar-refractivity contribution >= 4 is 0 Å². The molecule has 0 spiro atoms. The smallest absolute Gasteiger partial charge is 0.261 e. The predicted octanol–water partition coefficient (Wildman–Crippen LogP) is 0.131. The van der Waals surface area contributed by atoms with Crippen molar-refractivity contribution in [1.82, 2.24) is 25.2 Å². The van der Waals surface area contributed by atoms with E-state index in [4.69, 9.17) is 9.26 Å². The number of aryl methyl sites for hydroxylation is 1. The summed E-state index contributed by atoms with van der Waals surface area (Å²) >= 11 is 0. The zero-order valence-corrected chi connectivity index (χ0v) is 9.46. The standard InChI is InChI=1S/C10H13N5O2/c1-15-6-7(4-12-15)10-13-9(14-17-10)8-5-11-2-3-16-8/h4,6,8,11H,2-3,5H2,1H3. The Hall–Kier alpha value is -1.73. The molecule has 3 rings (SSSR count). The van der Waals surface area contributed by atoms with Crippen LogP contribution in [0, 0.1) is 0 Å². The van der Waals surface area contributed by atoms with Gasteiger partial charge >= 0.3 is 0 Å². The minimum absolute atomic E-state index is 0.127. The van der Waals surface area contributed by atoms with Gasteiger partial charge in [-0.15, -0.1) is 0 Å². The van der Waals surface area contributed by atoms with Crippen molar-refractivity contribution in [3.8, 4) is 11.5 Å². The van der Waals surface area contributed by atoms with Gasteiger partial charge in [0.25, 0.3) is 5.89 Å². The fourth-order valence-electron chi connectivity index (χ4n) is 1.75. The lowest BCUT2D eigenvalue weighted by molar-refractivity contribution is 0.0208. The molecule has 17 heavy (non-hydrogen) atoms. The molecule has 0 aromatic carbocycles. The average Bonchev–Trinajstić information content (AvgIpc) is 2.98. The molecule has 1 aliphatic rings. The molecule has 1 saturated heterocycles. The molecule has 2 aromatic heterocycles. The molecule has 7 heteroatoms. The summed E-state index contributed by atoms with van der Waals surface area (Å²) in [7, 11) is 1.84. The average molecular weight is 235 g/mol. The van der Waals surface area contributed by atoms with E-state index in [-0.39, 0.29) is 6.10 Å². The Morgan fingerprint density at radius 1 is 1.53 bits per heavy atom. The monoisotopic (exact) mass is 235 g/mol. The molecule has 0 aliphatic carbocycles. The molecule has 0 radical (unpaired) electrons. The maximum atomic E-state index is 5.55. The molecule has 1 unspecified atom stereocenters. The van der Waals surface area contributed by atoms with Crippen molar-refractivity contribution < 1.29 is 9.26 Å². The van der Waals surface area contributed by atoms with Gasteiger partial charge in [-0.1, -0.05) is 5.16 Å². The van der Waals surface area contributed by atoms with Crippen LogP contribution in [0.2, 0.25) is 0 Å². The van der Waals surface area contributed by atoms with Crippen LogP contribution in [0.5, 0.6) is 0 Å². The Morgan fingerprint density at radius 2 is 2.47 bits per heavy atom. The zero-order chi connectivity index (χ0) is 11.7. The molecule has 1 N–H and O–H groups in total. The van der Waals surface area contributed by atoms with Crippen LogP contribution < -0.4 is 5.32 Å². The molecule has 2 aromatic rings. The lowest BCUT2D eigenvalue weighted by Gasteiger charge is -2.20. The van der Waals surface area contributed by atoms with E-state index >= 15 is 0 Å². The van der Waals surface area contributed by atoms with E-state index in [9.17, 15) is 0 Å². The van der Waals surface area contributed by atoms with Crippen LogP contribution in [-0.2, 0) is 11.8 Å². The van der Waals surface area contributed by atoms with Gasteiger partial charge in [-0.05, 0) is 0 Å². The second-order valence-electron chi connectivity index (χ2n) is 3.92. The van der Waals surface area contributed by atoms with Gasteiger partial charge in [0.1, 0.15) is 6.10 Å². The quantitative estimate of drug-likeness (QED) is 0.797. The molecule has 7 nitrogen and oxygen atoms in total. The van der Waals surface area contributed by atoms with Crippen molar-refractivity contribution in [2.75, 3.05) is 19.7 Å². The summed E-state index contributed by atoms with van der Waals surface area (Å²) in [6, 6.07) is 0. The first-order chi connectivity index (χ1) is 8.33. The fraction of sp³-hybridized carbons (Fsp3) is 0.500. The maximum absolute atomic E-state index is 5.55. The molecule has 0 saturated carbocycles. The Bertz CT molecular complexity index is 500. The lowest BCUT2D eigenvalue weighted by atomic mass is 10.3. The number of morpholine rings is 1. The summed E-state index contributed by atoms with van der Waals surface area (Å²) in [4.78, 5) is 4.32. The van der Waals surface area contributed by atoms with E-state index in [0.717, 1.165) is 12.1 Å². The Kier molecular flexibility index (Phi) is 2.62. The predicted molar refractivity (Wildman–Crippen MR) is 58.1 cm³/mol. The van der Waals surface area contributed by atoms with Gasteiger partial charge in [-0.3, -0.25) is 4.68 Å². The summed E-state index contributed by atoms with van der Waals surface area (Å²) in [6.45, 7) is 2.25. The number of hydrogen-bond acceptors (Lipinski definition) is 6. The number of hydrogen-bond donors (Lipinski definition) is 1. The van der Waals surface area contributed by atoms with Crippen molar-refractivity contribution in [2.24, 2.45) is 7.05 Å². The first-order valence-corrected chi connectivity index (χ1v) is 5.48. The van der Waals surface area contributed by atoms with Gasteiger partial charge in [-0.25, -0.2) is 0 Å². The van der Waals surface area contributed by atoms with Gasteiger partial charge in [0.05, 0.1) is 18.4 Å². The van der Waals surface area contributed by atoms with Crippen LogP contribution in [-0.4, -0.2) is 39.6 Å². The van der Waals surface area contributed by atoms with Gasteiger partial charge in [0, 0.05) is 26.3 Å². The highest BCUT2D eigenvalue weighted by atomic mass is 16.5. The third-order valence-electron chi connectivity index (χ3n) is 2.61. The SMILES string of the molecule is Cn1cc(-c2nc(C3CNCCO3)no2)cn1. The molecule has 1 fully saturated rings. The summed E-state index contributed by atoms with van der Waals surface area (Å²) in [5, 5.41) is 11.2. The fourth-order valence-corrected chi connectivity index (χ4v) is 1.75. The van der Waals surface area contributed by atoms with Gasteiger partial charge in [-0.2, -0.15) is 10.1 Å². The molecule has 0 amide bonds. The second kappa shape index (κ2) is 4.27. The maximum Gasteiger partial charge on any atom is 0.261 e. The van der Waals surface area contributed by atoms with E-state index in [0.29, 0.717) is 24.9 Å². The number of rotatable bonds is 2. The van der Waals surface area contributed by atoms with E-state index in [1.54, 1.807) is 10.9 Å². The summed E-state index contributed by atoms with van der Waals surface area (Å²) in [6.07, 6.45) is 3.40. The highest BCUT2D eigenvalue weighted by molar-refractivity contribution is 5.49. The highest BCUT2D eigenvalue weighted by Gasteiger charge is 2.22. The largest absolute Gasteiger partial charge is 0.367 e. The van der Waals surface area contributed by atoms with E-state index < -0.39 is 0 Å². The van der Waals surface area contributed by atoms with Crippen LogP contribution in [0.3, 0.4) is 0 Å². The normalized spacial score (nSPS) is 20.6. The van der Waals surface area contributed by atoms with E-state index in [1.165, 1.54) is 0 Å². The summed E-state index contributed by atoms with van der Waals surface area (Å²) in [5.74, 6) is 1.05. The zero-order valence-electron chi connectivity index (χ0n) is 9.46. The minimum atomic E-state index is -0.127. The van der Waals surface area contributed by atoms with Crippen LogP contribution in [0.4, 0.5) is 0 Å². The molecule has 1 aliphatic heterocycles. The minimum Gasteiger partial charge on any atom is -0.367 e. The third kappa shape index (κ3) is 2.06. The Balaban J connectivity index is 1.82. The number of nitrogens with zero attached hydrogens (tertiary/aromatic N) is 4. The molecule has 0 bridgehead atoms. The lowest BCUT2D eigenvalue weighted by Crippen LogP contribution is -2.33. The Morgan fingerprint density at radius 3 is 3.18 bits per heavy atom. The van der Waals surface area contributed by atoms with Crippen LogP contribution in [0.25, 0.3) is 11.5 Å². The first-order valence-electron chi connectivity index (χ1n) is 5.48. The van der Waals surface area contributed by atoms with Crippen LogP contribution >= 0.6 is 0 Å². The van der Waals surface area contributed by atoms with Crippen molar-refractivity contribution in [3.05, 3.63) is 18.2 Å². The van der Waals surface area contributed by atoms with Gasteiger partial charge < -0.3 is 14.6 Å². The van der Waals surface area contributed by atoms with Gasteiger partial charge in [0.15, 0.2) is 0 Å². The third-order valence-corrected chi connectivity index (χ3v) is 2.61. The highest BCUT2D eigenvalue weighted by Crippen LogP contribution is 2.20. The molecule has 1 atom stereocenters. The van der Waals surface area contributed by atoms with Crippen LogP contribution in [0.1, 0.15) is 11.9 Å². The van der Waals surface area contributed by atoms with Crippen LogP contribution in [0.15, 0.2) is 16.9 Å². The summed E-state index contributed by atoms with van der Waals surface area (Å²) < 4.78 is 12.4.